The zero-order valence-electron chi connectivity index (χ0n) is 15.1. The minimum Gasteiger partial charge on any atom is -0.298 e. The van der Waals surface area contributed by atoms with E-state index < -0.39 is 11.7 Å². The molecule has 2 aliphatic carbocycles. The third-order valence-corrected chi connectivity index (χ3v) is 5.10. The number of rotatable bonds is 5. The third-order valence-electron chi connectivity index (χ3n) is 5.10. The summed E-state index contributed by atoms with van der Waals surface area (Å²) in [6, 6.07) is 5.91. The number of aryl methyl sites for hydroxylation is 1. The van der Waals surface area contributed by atoms with E-state index in [4.69, 9.17) is 0 Å². The van der Waals surface area contributed by atoms with Crippen LogP contribution in [0.4, 0.5) is 4.39 Å². The highest BCUT2D eigenvalue weighted by Gasteiger charge is 2.20. The molecule has 1 aromatic carbocycles. The molecule has 0 saturated heterocycles. The van der Waals surface area contributed by atoms with Gasteiger partial charge in [-0.25, -0.2) is 4.39 Å². The standard InChI is InChI=1S/C23H23FO2/c1-16-6-5-8-17-14-19(10-11-21(16)17)23(26)13-12-22(25)18-7-3-2-4-9-20(24)15-18/h4,9-11,14-16,18H,2,5-6,8,12-13H2,1H3/b9-4-,20-15+. The van der Waals surface area contributed by atoms with Crippen LogP contribution in [0.1, 0.15) is 66.4 Å². The molecule has 134 valence electrons. The van der Waals surface area contributed by atoms with Gasteiger partial charge in [0.25, 0.3) is 0 Å². The number of fused-ring (bicyclic) bond motifs is 1. The van der Waals surface area contributed by atoms with Gasteiger partial charge in [0.15, 0.2) is 11.6 Å². The molecule has 0 amide bonds. The first kappa shape index (κ1) is 18.3. The molecule has 0 N–H and O–H groups in total. The summed E-state index contributed by atoms with van der Waals surface area (Å²) in [6.07, 6.45) is 8.18. The Hall–Kier alpha value is -2.47. The quantitative estimate of drug-likeness (QED) is 0.547. The Labute approximate surface area is 154 Å². The van der Waals surface area contributed by atoms with E-state index in [1.54, 1.807) is 6.08 Å². The minimum absolute atomic E-state index is 0.0393. The smallest absolute Gasteiger partial charge is 0.163 e. The van der Waals surface area contributed by atoms with Crippen LogP contribution in [0.3, 0.4) is 0 Å². The zero-order chi connectivity index (χ0) is 18.5. The first-order chi connectivity index (χ1) is 12.5. The lowest BCUT2D eigenvalue weighted by Gasteiger charge is -2.22. The maximum atomic E-state index is 13.6. The van der Waals surface area contributed by atoms with Crippen molar-refractivity contribution in [1.29, 1.82) is 0 Å². The molecule has 2 nitrogen and oxygen atoms in total. The second-order valence-electron chi connectivity index (χ2n) is 7.05. The van der Waals surface area contributed by atoms with Gasteiger partial charge < -0.3 is 0 Å². The van der Waals surface area contributed by atoms with E-state index in [0.717, 1.165) is 12.8 Å². The van der Waals surface area contributed by atoms with Crippen LogP contribution in [0, 0.1) is 17.8 Å². The van der Waals surface area contributed by atoms with Crippen LogP contribution < -0.4 is 0 Å². The number of carbonyl (C=O) groups excluding carboxylic acids is 2. The van der Waals surface area contributed by atoms with Crippen LogP contribution in [0.15, 0.2) is 42.3 Å². The van der Waals surface area contributed by atoms with Crippen molar-refractivity contribution in [2.45, 2.75) is 51.4 Å². The number of hydrogen-bond acceptors (Lipinski definition) is 2. The topological polar surface area (TPSA) is 34.1 Å². The highest BCUT2D eigenvalue weighted by Crippen LogP contribution is 2.31. The average molecular weight is 350 g/mol. The van der Waals surface area contributed by atoms with Crippen molar-refractivity contribution in [3.8, 4) is 11.8 Å². The number of benzene rings is 1. The molecule has 0 saturated carbocycles. The van der Waals surface area contributed by atoms with Gasteiger partial charge in [-0.3, -0.25) is 9.59 Å². The first-order valence-corrected chi connectivity index (χ1v) is 9.25. The maximum absolute atomic E-state index is 13.6. The Balaban J connectivity index is 1.64. The Morgan fingerprint density at radius 3 is 2.96 bits per heavy atom. The van der Waals surface area contributed by atoms with Crippen molar-refractivity contribution in [3.63, 3.8) is 0 Å². The molecular weight excluding hydrogens is 327 g/mol. The van der Waals surface area contributed by atoms with Crippen LogP contribution in [-0.2, 0) is 11.2 Å². The van der Waals surface area contributed by atoms with Crippen molar-refractivity contribution >= 4 is 11.6 Å². The lowest BCUT2D eigenvalue weighted by Crippen LogP contribution is -2.14. The van der Waals surface area contributed by atoms with Crippen LogP contribution in [-0.4, -0.2) is 11.6 Å². The van der Waals surface area contributed by atoms with Crippen molar-refractivity contribution in [3.05, 3.63) is 58.9 Å². The fourth-order valence-electron chi connectivity index (χ4n) is 3.60. The van der Waals surface area contributed by atoms with Crippen LogP contribution in [0.2, 0.25) is 0 Å². The zero-order valence-corrected chi connectivity index (χ0v) is 15.1. The van der Waals surface area contributed by atoms with Gasteiger partial charge in [-0.1, -0.05) is 37.0 Å². The van der Waals surface area contributed by atoms with E-state index in [-0.39, 0.29) is 24.4 Å². The highest BCUT2D eigenvalue weighted by molar-refractivity contribution is 5.99. The molecule has 0 heterocycles. The van der Waals surface area contributed by atoms with Gasteiger partial charge >= 0.3 is 0 Å². The molecule has 2 aliphatic rings. The van der Waals surface area contributed by atoms with Crippen molar-refractivity contribution in [1.82, 2.24) is 0 Å². The fourth-order valence-corrected chi connectivity index (χ4v) is 3.60. The van der Waals surface area contributed by atoms with E-state index in [1.807, 2.05) is 12.1 Å². The van der Waals surface area contributed by atoms with Gasteiger partial charge in [-0.15, -0.1) is 0 Å². The summed E-state index contributed by atoms with van der Waals surface area (Å²) in [5, 5.41) is 0. The molecule has 2 atom stereocenters. The molecule has 0 fully saturated rings. The molecule has 3 heteroatoms. The van der Waals surface area contributed by atoms with E-state index in [1.165, 1.54) is 29.7 Å². The summed E-state index contributed by atoms with van der Waals surface area (Å²) in [5.41, 5.74) is 3.25. The molecule has 26 heavy (non-hydrogen) atoms. The number of halogens is 1. The summed E-state index contributed by atoms with van der Waals surface area (Å²) >= 11 is 0. The molecular formula is C23H23FO2. The summed E-state index contributed by atoms with van der Waals surface area (Å²) in [4.78, 5) is 24.8. The Bertz CT molecular complexity index is 835. The number of allylic oxidation sites excluding steroid dienone is 4. The van der Waals surface area contributed by atoms with Gasteiger partial charge in [-0.05, 0) is 54.5 Å². The Morgan fingerprint density at radius 1 is 1.27 bits per heavy atom. The van der Waals surface area contributed by atoms with E-state index >= 15 is 0 Å². The SMILES string of the molecule is CC1CCCc2cc(C(=O)CCC(=O)C3C#CC/C=C\C(F)=C/3)ccc21. The lowest BCUT2D eigenvalue weighted by molar-refractivity contribution is -0.120. The van der Waals surface area contributed by atoms with Gasteiger partial charge in [0, 0.05) is 24.8 Å². The first-order valence-electron chi connectivity index (χ1n) is 9.25. The second-order valence-corrected chi connectivity index (χ2v) is 7.05. The van der Waals surface area contributed by atoms with Crippen molar-refractivity contribution in [2.24, 2.45) is 5.92 Å². The number of Topliss-reactive ketones (excluding diaryl/α,β-unsaturated/α-hetero) is 2. The summed E-state index contributed by atoms with van der Waals surface area (Å²) in [7, 11) is 0. The van der Waals surface area contributed by atoms with E-state index in [9.17, 15) is 14.0 Å². The molecule has 0 aromatic heterocycles. The summed E-state index contributed by atoms with van der Waals surface area (Å²) in [5.74, 6) is 4.70. The van der Waals surface area contributed by atoms with E-state index in [2.05, 4.69) is 24.8 Å². The lowest BCUT2D eigenvalue weighted by atomic mass is 9.82. The van der Waals surface area contributed by atoms with Gasteiger partial charge in [0.1, 0.15) is 5.83 Å². The third kappa shape index (κ3) is 4.38. The molecule has 0 spiro atoms. The van der Waals surface area contributed by atoms with Gasteiger partial charge in [0.2, 0.25) is 0 Å². The van der Waals surface area contributed by atoms with Crippen molar-refractivity contribution in [2.75, 3.05) is 0 Å². The molecule has 0 bridgehead atoms. The predicted octanol–water partition coefficient (Wildman–Crippen LogP) is 5.09. The largest absolute Gasteiger partial charge is 0.298 e. The van der Waals surface area contributed by atoms with Crippen LogP contribution >= 0.6 is 0 Å². The summed E-state index contributed by atoms with van der Waals surface area (Å²) in [6.45, 7) is 2.22. The monoisotopic (exact) mass is 350 g/mol. The molecule has 2 unspecified atom stereocenters. The minimum atomic E-state index is -0.767. The molecule has 0 aliphatic heterocycles. The second kappa shape index (κ2) is 8.27. The normalized spacial score (nSPS) is 24.8. The maximum Gasteiger partial charge on any atom is 0.163 e. The van der Waals surface area contributed by atoms with Gasteiger partial charge in [-0.2, -0.15) is 0 Å². The average Bonchev–Trinajstić information content (AvgIpc) is 2.62. The fraction of sp³-hybridized carbons (Fsp3) is 0.391. The summed E-state index contributed by atoms with van der Waals surface area (Å²) < 4.78 is 13.6. The molecule has 3 rings (SSSR count). The Kier molecular flexibility index (Phi) is 5.83. The number of hydrogen-bond donors (Lipinski definition) is 0. The molecule has 0 radical (unpaired) electrons. The molecule has 1 aromatic rings. The van der Waals surface area contributed by atoms with Crippen molar-refractivity contribution < 1.29 is 14.0 Å². The van der Waals surface area contributed by atoms with Crippen LogP contribution in [0.5, 0.6) is 0 Å². The Morgan fingerprint density at radius 2 is 2.12 bits per heavy atom. The van der Waals surface area contributed by atoms with E-state index in [0.29, 0.717) is 17.9 Å². The van der Waals surface area contributed by atoms with Gasteiger partial charge in [0.05, 0.1) is 5.92 Å². The number of ketones is 2. The highest BCUT2D eigenvalue weighted by atomic mass is 19.1. The van der Waals surface area contributed by atoms with Crippen LogP contribution in [0.25, 0.3) is 0 Å². The predicted molar refractivity (Wildman–Crippen MR) is 101 cm³/mol. The number of carbonyl (C=O) groups is 2.